The number of morpholine rings is 1. The molecule has 0 amide bonds. The lowest BCUT2D eigenvalue weighted by Gasteiger charge is -2.26. The van der Waals surface area contributed by atoms with Crippen molar-refractivity contribution in [1.82, 2.24) is 15.1 Å². The summed E-state index contributed by atoms with van der Waals surface area (Å²) in [6.45, 7) is 11.8. The lowest BCUT2D eigenvalue weighted by atomic mass is 10.1. The van der Waals surface area contributed by atoms with Gasteiger partial charge in [0.15, 0.2) is 5.96 Å². The number of benzene rings is 1. The molecule has 0 atom stereocenters. The van der Waals surface area contributed by atoms with E-state index in [-0.39, 0.29) is 24.0 Å². The van der Waals surface area contributed by atoms with Crippen LogP contribution in [-0.2, 0) is 17.8 Å². The van der Waals surface area contributed by atoms with Gasteiger partial charge in [-0.15, -0.1) is 24.0 Å². The summed E-state index contributed by atoms with van der Waals surface area (Å²) in [5.74, 6) is 0.994. The summed E-state index contributed by atoms with van der Waals surface area (Å²) in [6.07, 6.45) is 2.39. The Morgan fingerprint density at radius 2 is 1.81 bits per heavy atom. The molecule has 1 fully saturated rings. The summed E-state index contributed by atoms with van der Waals surface area (Å²) in [6, 6.07) is 8.87. The molecular formula is C20H35IN4O. The molecule has 0 aliphatic carbocycles. The Labute approximate surface area is 176 Å². The number of hydrogen-bond donors (Lipinski definition) is 1. The number of ether oxygens (including phenoxy) is 1. The van der Waals surface area contributed by atoms with Gasteiger partial charge in [-0.25, -0.2) is 4.99 Å². The summed E-state index contributed by atoms with van der Waals surface area (Å²) < 4.78 is 5.41. The minimum absolute atomic E-state index is 0. The van der Waals surface area contributed by atoms with Crippen LogP contribution in [0.2, 0.25) is 0 Å². The first-order valence-electron chi connectivity index (χ1n) is 9.60. The van der Waals surface area contributed by atoms with Gasteiger partial charge >= 0.3 is 0 Å². The first-order valence-corrected chi connectivity index (χ1v) is 9.60. The van der Waals surface area contributed by atoms with E-state index >= 15 is 0 Å². The Bertz CT molecular complexity index is 515. The second kappa shape index (κ2) is 13.3. The van der Waals surface area contributed by atoms with Crippen LogP contribution in [0, 0.1) is 0 Å². The van der Waals surface area contributed by atoms with Crippen molar-refractivity contribution in [3.8, 4) is 0 Å². The molecule has 1 saturated heterocycles. The van der Waals surface area contributed by atoms with Crippen molar-refractivity contribution in [2.24, 2.45) is 4.99 Å². The topological polar surface area (TPSA) is 40.1 Å². The van der Waals surface area contributed by atoms with E-state index in [0.29, 0.717) is 0 Å². The van der Waals surface area contributed by atoms with Gasteiger partial charge in [-0.2, -0.15) is 0 Å². The Morgan fingerprint density at radius 1 is 1.15 bits per heavy atom. The number of nitrogens with zero attached hydrogens (tertiary/aromatic N) is 3. The second-order valence-corrected chi connectivity index (χ2v) is 6.65. The third kappa shape index (κ3) is 8.22. The van der Waals surface area contributed by atoms with Crippen LogP contribution in [0.1, 0.15) is 37.8 Å². The van der Waals surface area contributed by atoms with Crippen molar-refractivity contribution in [2.45, 2.75) is 39.8 Å². The molecule has 0 bridgehead atoms. The van der Waals surface area contributed by atoms with Crippen LogP contribution in [0.5, 0.6) is 0 Å². The van der Waals surface area contributed by atoms with Gasteiger partial charge in [-0.1, -0.05) is 37.6 Å². The highest BCUT2D eigenvalue weighted by molar-refractivity contribution is 14.0. The normalized spacial score (nSPS) is 15.4. The minimum atomic E-state index is 0. The van der Waals surface area contributed by atoms with Crippen LogP contribution < -0.4 is 5.32 Å². The highest BCUT2D eigenvalue weighted by atomic mass is 127. The summed E-state index contributed by atoms with van der Waals surface area (Å²) in [7, 11) is 2.11. The van der Waals surface area contributed by atoms with E-state index in [1.54, 1.807) is 0 Å². The molecule has 2 rings (SSSR count). The lowest BCUT2D eigenvalue weighted by Crippen LogP contribution is -2.39. The van der Waals surface area contributed by atoms with Gasteiger partial charge in [0.25, 0.3) is 0 Å². The fraction of sp³-hybridized carbons (Fsp3) is 0.650. The molecule has 0 unspecified atom stereocenters. The molecule has 1 heterocycles. The van der Waals surface area contributed by atoms with Crippen molar-refractivity contribution in [2.75, 3.05) is 46.4 Å². The quantitative estimate of drug-likeness (QED) is 0.357. The van der Waals surface area contributed by atoms with E-state index in [2.05, 4.69) is 60.3 Å². The van der Waals surface area contributed by atoms with Gasteiger partial charge in [-0.3, -0.25) is 4.90 Å². The van der Waals surface area contributed by atoms with E-state index in [0.717, 1.165) is 58.4 Å². The number of unbranched alkanes of at least 4 members (excludes halogenated alkanes) is 1. The van der Waals surface area contributed by atoms with Gasteiger partial charge in [0.05, 0.1) is 19.8 Å². The van der Waals surface area contributed by atoms with E-state index in [9.17, 15) is 0 Å². The molecule has 148 valence electrons. The average Bonchev–Trinajstić information content (AvgIpc) is 2.65. The molecule has 1 aromatic carbocycles. The van der Waals surface area contributed by atoms with Crippen molar-refractivity contribution >= 4 is 29.9 Å². The summed E-state index contributed by atoms with van der Waals surface area (Å²) >= 11 is 0. The molecule has 5 nitrogen and oxygen atoms in total. The molecule has 6 heteroatoms. The Hall–Kier alpha value is -0.860. The van der Waals surface area contributed by atoms with Crippen molar-refractivity contribution in [3.63, 3.8) is 0 Å². The summed E-state index contributed by atoms with van der Waals surface area (Å²) in [4.78, 5) is 9.46. The largest absolute Gasteiger partial charge is 0.379 e. The van der Waals surface area contributed by atoms with Gasteiger partial charge < -0.3 is 15.0 Å². The van der Waals surface area contributed by atoms with Crippen LogP contribution in [0.15, 0.2) is 29.3 Å². The number of hydrogen-bond acceptors (Lipinski definition) is 3. The SMILES string of the molecule is CCCCN(C)C(=NCc1ccc(CN2CCOCC2)cc1)NCC.I. The number of aliphatic imine (C=N–C) groups is 1. The lowest BCUT2D eigenvalue weighted by molar-refractivity contribution is 0.0342. The maximum Gasteiger partial charge on any atom is 0.193 e. The zero-order valence-corrected chi connectivity index (χ0v) is 18.9. The zero-order valence-electron chi connectivity index (χ0n) is 16.5. The van der Waals surface area contributed by atoms with Crippen LogP contribution in [0.3, 0.4) is 0 Å². The molecule has 1 aliphatic heterocycles. The molecule has 0 spiro atoms. The minimum Gasteiger partial charge on any atom is -0.379 e. The Kier molecular flexibility index (Phi) is 11.9. The third-order valence-electron chi connectivity index (χ3n) is 4.49. The molecule has 1 N–H and O–H groups in total. The van der Waals surface area contributed by atoms with Crippen LogP contribution in [0.25, 0.3) is 0 Å². The Balaban J connectivity index is 0.00000338. The molecule has 1 aliphatic rings. The Morgan fingerprint density at radius 3 is 2.42 bits per heavy atom. The van der Waals surface area contributed by atoms with E-state index < -0.39 is 0 Å². The van der Waals surface area contributed by atoms with Gasteiger partial charge in [-0.05, 0) is 24.5 Å². The average molecular weight is 474 g/mol. The van der Waals surface area contributed by atoms with Gasteiger partial charge in [0.2, 0.25) is 0 Å². The number of rotatable bonds is 8. The second-order valence-electron chi connectivity index (χ2n) is 6.65. The summed E-state index contributed by atoms with van der Waals surface area (Å²) in [5.41, 5.74) is 2.62. The molecule has 0 saturated carbocycles. The number of nitrogens with one attached hydrogen (secondary N) is 1. The molecule has 0 radical (unpaired) electrons. The van der Waals surface area contributed by atoms with Crippen LogP contribution in [0.4, 0.5) is 0 Å². The van der Waals surface area contributed by atoms with Gasteiger partial charge in [0.1, 0.15) is 0 Å². The standard InChI is InChI=1S/C20H34N4O.HI/c1-4-6-11-23(3)20(21-5-2)22-16-18-7-9-19(10-8-18)17-24-12-14-25-15-13-24;/h7-10H,4-6,11-17H2,1-3H3,(H,21,22);1H. The smallest absolute Gasteiger partial charge is 0.193 e. The molecule has 1 aromatic rings. The number of halogens is 1. The highest BCUT2D eigenvalue weighted by Gasteiger charge is 2.10. The predicted octanol–water partition coefficient (Wildman–Crippen LogP) is 3.33. The van der Waals surface area contributed by atoms with E-state index in [4.69, 9.17) is 9.73 Å². The fourth-order valence-electron chi connectivity index (χ4n) is 2.90. The predicted molar refractivity (Wildman–Crippen MR) is 120 cm³/mol. The molecule has 0 aromatic heterocycles. The fourth-order valence-corrected chi connectivity index (χ4v) is 2.90. The van der Waals surface area contributed by atoms with E-state index in [1.807, 2.05) is 0 Å². The maximum atomic E-state index is 5.41. The van der Waals surface area contributed by atoms with Gasteiger partial charge in [0, 0.05) is 39.8 Å². The van der Waals surface area contributed by atoms with Crippen molar-refractivity contribution < 1.29 is 4.74 Å². The van der Waals surface area contributed by atoms with Crippen LogP contribution >= 0.6 is 24.0 Å². The van der Waals surface area contributed by atoms with Crippen LogP contribution in [-0.4, -0.2) is 62.2 Å². The zero-order chi connectivity index (χ0) is 17.9. The van der Waals surface area contributed by atoms with Crippen molar-refractivity contribution in [1.29, 1.82) is 0 Å². The van der Waals surface area contributed by atoms with E-state index in [1.165, 1.54) is 24.0 Å². The number of guanidine groups is 1. The maximum absolute atomic E-state index is 5.41. The highest BCUT2D eigenvalue weighted by Crippen LogP contribution is 2.10. The van der Waals surface area contributed by atoms with Crippen molar-refractivity contribution in [3.05, 3.63) is 35.4 Å². The first kappa shape index (κ1) is 23.2. The molecule has 26 heavy (non-hydrogen) atoms. The summed E-state index contributed by atoms with van der Waals surface area (Å²) in [5, 5.41) is 3.38. The molecular weight excluding hydrogens is 439 g/mol. The third-order valence-corrected chi connectivity index (χ3v) is 4.49. The first-order chi connectivity index (χ1) is 12.2. The monoisotopic (exact) mass is 474 g/mol.